The molecule has 7 heteroatoms. The smallest absolute Gasteiger partial charge is 0.220 e. The standard InChI is InChI=1S/C8H12N6S/c1-4-6(3-11-7(9)12-4)5(2)13-14-8(10)15/h3H,1-2H3,(H2,9,11,12)(H3,10,14,15)/b13-5-. The highest BCUT2D eigenvalue weighted by Gasteiger charge is 2.04. The lowest BCUT2D eigenvalue weighted by molar-refractivity contribution is 1.02. The minimum absolute atomic E-state index is 0.114. The minimum atomic E-state index is 0.114. The Morgan fingerprint density at radius 2 is 2.27 bits per heavy atom. The van der Waals surface area contributed by atoms with E-state index in [0.29, 0.717) is 5.71 Å². The van der Waals surface area contributed by atoms with E-state index in [0.717, 1.165) is 11.3 Å². The number of hydrogen-bond acceptors (Lipinski definition) is 5. The van der Waals surface area contributed by atoms with Gasteiger partial charge in [-0.3, -0.25) is 5.43 Å². The summed E-state index contributed by atoms with van der Waals surface area (Å²) in [5, 5.41) is 4.08. The summed E-state index contributed by atoms with van der Waals surface area (Å²) in [4.78, 5) is 7.90. The molecular formula is C8H12N6S. The minimum Gasteiger partial charge on any atom is -0.375 e. The topological polar surface area (TPSA) is 102 Å². The van der Waals surface area contributed by atoms with Crippen molar-refractivity contribution < 1.29 is 0 Å². The van der Waals surface area contributed by atoms with E-state index in [1.54, 1.807) is 13.1 Å². The molecule has 0 amide bonds. The zero-order valence-electron chi connectivity index (χ0n) is 8.48. The summed E-state index contributed by atoms with van der Waals surface area (Å²) >= 11 is 4.63. The number of aromatic nitrogens is 2. The molecule has 15 heavy (non-hydrogen) atoms. The van der Waals surface area contributed by atoms with Gasteiger partial charge in [0.25, 0.3) is 0 Å². The molecule has 0 spiro atoms. The number of thiocarbonyl (C=S) groups is 1. The molecule has 0 saturated carbocycles. The van der Waals surface area contributed by atoms with E-state index in [4.69, 9.17) is 11.5 Å². The maximum atomic E-state index is 5.43. The van der Waals surface area contributed by atoms with E-state index in [9.17, 15) is 0 Å². The van der Waals surface area contributed by atoms with Crippen molar-refractivity contribution in [3.05, 3.63) is 17.5 Å². The highest BCUT2D eigenvalue weighted by molar-refractivity contribution is 7.80. The number of hydrogen-bond donors (Lipinski definition) is 3. The summed E-state index contributed by atoms with van der Waals surface area (Å²) < 4.78 is 0. The molecule has 1 aromatic rings. The van der Waals surface area contributed by atoms with Gasteiger partial charge in [-0.15, -0.1) is 0 Å². The van der Waals surface area contributed by atoms with Gasteiger partial charge >= 0.3 is 0 Å². The van der Waals surface area contributed by atoms with Gasteiger partial charge in [-0.25, -0.2) is 9.97 Å². The van der Waals surface area contributed by atoms with Gasteiger partial charge in [-0.05, 0) is 26.1 Å². The van der Waals surface area contributed by atoms with Gasteiger partial charge in [-0.2, -0.15) is 5.10 Å². The molecule has 0 fully saturated rings. The predicted octanol–water partition coefficient (Wildman–Crippen LogP) is -0.0756. The van der Waals surface area contributed by atoms with E-state index in [1.807, 2.05) is 6.92 Å². The van der Waals surface area contributed by atoms with E-state index in [1.165, 1.54) is 0 Å². The molecule has 0 aliphatic carbocycles. The Labute approximate surface area is 92.8 Å². The average molecular weight is 224 g/mol. The Morgan fingerprint density at radius 1 is 1.60 bits per heavy atom. The summed E-state index contributed by atoms with van der Waals surface area (Å²) in [6, 6.07) is 0. The molecule has 5 N–H and O–H groups in total. The second-order valence-electron chi connectivity index (χ2n) is 2.90. The summed E-state index contributed by atoms with van der Waals surface area (Å²) in [5.41, 5.74) is 15.4. The first-order valence-corrected chi connectivity index (χ1v) is 4.60. The van der Waals surface area contributed by atoms with Crippen molar-refractivity contribution in [2.45, 2.75) is 13.8 Å². The van der Waals surface area contributed by atoms with Crippen LogP contribution in [0.1, 0.15) is 18.2 Å². The number of rotatable bonds is 2. The number of nitrogens with one attached hydrogen (secondary N) is 1. The molecule has 0 bridgehead atoms. The van der Waals surface area contributed by atoms with Gasteiger partial charge in [0.2, 0.25) is 5.95 Å². The van der Waals surface area contributed by atoms with Crippen molar-refractivity contribution >= 4 is 29.0 Å². The van der Waals surface area contributed by atoms with E-state index in [-0.39, 0.29) is 11.1 Å². The first-order chi connectivity index (χ1) is 7.00. The fourth-order valence-electron chi connectivity index (χ4n) is 1.04. The molecule has 0 aliphatic heterocycles. The third-order valence-electron chi connectivity index (χ3n) is 1.72. The zero-order chi connectivity index (χ0) is 11.4. The quantitative estimate of drug-likeness (QED) is 0.369. The Kier molecular flexibility index (Phi) is 3.51. The second-order valence-corrected chi connectivity index (χ2v) is 3.34. The Bertz CT molecular complexity index is 414. The van der Waals surface area contributed by atoms with Crippen LogP contribution in [-0.4, -0.2) is 20.8 Å². The van der Waals surface area contributed by atoms with Gasteiger partial charge in [0.05, 0.1) is 11.4 Å². The first kappa shape index (κ1) is 11.3. The van der Waals surface area contributed by atoms with Crippen LogP contribution in [-0.2, 0) is 0 Å². The van der Waals surface area contributed by atoms with Crippen LogP contribution in [0.25, 0.3) is 0 Å². The van der Waals surface area contributed by atoms with Crippen molar-refractivity contribution in [3.63, 3.8) is 0 Å². The Hall–Kier alpha value is -1.76. The summed E-state index contributed by atoms with van der Waals surface area (Å²) in [5.74, 6) is 0.242. The Morgan fingerprint density at radius 3 is 2.80 bits per heavy atom. The van der Waals surface area contributed by atoms with E-state index in [2.05, 4.69) is 32.7 Å². The van der Waals surface area contributed by atoms with Crippen molar-refractivity contribution in [1.29, 1.82) is 0 Å². The lowest BCUT2D eigenvalue weighted by Crippen LogP contribution is -2.25. The predicted molar refractivity (Wildman–Crippen MR) is 63.3 cm³/mol. The molecule has 0 aliphatic rings. The van der Waals surface area contributed by atoms with Gasteiger partial charge < -0.3 is 11.5 Å². The summed E-state index contributed by atoms with van der Waals surface area (Å²) in [6.07, 6.45) is 1.61. The van der Waals surface area contributed by atoms with Crippen LogP contribution in [0.3, 0.4) is 0 Å². The highest BCUT2D eigenvalue weighted by Crippen LogP contribution is 2.05. The van der Waals surface area contributed by atoms with Crippen LogP contribution in [0.2, 0.25) is 0 Å². The van der Waals surface area contributed by atoms with Crippen LogP contribution in [0.15, 0.2) is 11.3 Å². The largest absolute Gasteiger partial charge is 0.375 e. The second kappa shape index (κ2) is 4.65. The van der Waals surface area contributed by atoms with Gasteiger partial charge in [-0.1, -0.05) is 0 Å². The van der Waals surface area contributed by atoms with Crippen molar-refractivity contribution in [3.8, 4) is 0 Å². The maximum absolute atomic E-state index is 5.43. The molecule has 80 valence electrons. The molecule has 0 saturated heterocycles. The van der Waals surface area contributed by atoms with Gasteiger partial charge in [0.15, 0.2) is 5.11 Å². The lowest BCUT2D eigenvalue weighted by atomic mass is 10.2. The average Bonchev–Trinajstić information content (AvgIpc) is 2.14. The van der Waals surface area contributed by atoms with Crippen LogP contribution >= 0.6 is 12.2 Å². The van der Waals surface area contributed by atoms with Gasteiger partial charge in [0.1, 0.15) is 0 Å². The normalized spacial score (nSPS) is 11.2. The third-order valence-corrected chi connectivity index (χ3v) is 1.81. The van der Waals surface area contributed by atoms with Crippen molar-refractivity contribution in [1.82, 2.24) is 15.4 Å². The molecule has 1 aromatic heterocycles. The van der Waals surface area contributed by atoms with E-state index >= 15 is 0 Å². The van der Waals surface area contributed by atoms with Gasteiger partial charge in [0, 0.05) is 11.8 Å². The SMILES string of the molecule is C/C(=N/NC(N)=S)c1cnc(N)nc1C. The molecule has 0 atom stereocenters. The zero-order valence-corrected chi connectivity index (χ0v) is 9.30. The number of aryl methyl sites for hydroxylation is 1. The van der Waals surface area contributed by atoms with Crippen LogP contribution in [0.4, 0.5) is 5.95 Å². The fourth-order valence-corrected chi connectivity index (χ4v) is 1.09. The van der Waals surface area contributed by atoms with Crippen LogP contribution in [0, 0.1) is 6.92 Å². The fraction of sp³-hybridized carbons (Fsp3) is 0.250. The number of hydrazone groups is 1. The highest BCUT2D eigenvalue weighted by atomic mass is 32.1. The molecule has 1 rings (SSSR count). The number of nitrogen functional groups attached to an aromatic ring is 1. The van der Waals surface area contributed by atoms with Crippen LogP contribution < -0.4 is 16.9 Å². The van der Waals surface area contributed by atoms with Crippen molar-refractivity contribution in [2.24, 2.45) is 10.8 Å². The van der Waals surface area contributed by atoms with Crippen LogP contribution in [0.5, 0.6) is 0 Å². The molecular weight excluding hydrogens is 212 g/mol. The number of nitrogens with zero attached hydrogens (tertiary/aromatic N) is 3. The lowest BCUT2D eigenvalue weighted by Gasteiger charge is -2.04. The third kappa shape index (κ3) is 3.13. The van der Waals surface area contributed by atoms with E-state index < -0.39 is 0 Å². The number of anilines is 1. The van der Waals surface area contributed by atoms with Crippen molar-refractivity contribution in [2.75, 3.05) is 5.73 Å². The summed E-state index contributed by atoms with van der Waals surface area (Å²) in [7, 11) is 0. The first-order valence-electron chi connectivity index (χ1n) is 4.20. The molecule has 6 nitrogen and oxygen atoms in total. The Balaban J connectivity index is 2.95. The molecule has 1 heterocycles. The number of nitrogens with two attached hydrogens (primary N) is 2. The monoisotopic (exact) mass is 224 g/mol. The molecule has 0 unspecified atom stereocenters. The maximum Gasteiger partial charge on any atom is 0.220 e. The molecule has 0 aromatic carbocycles. The summed E-state index contributed by atoms with van der Waals surface area (Å²) in [6.45, 7) is 3.63. The molecule has 0 radical (unpaired) electrons.